The summed E-state index contributed by atoms with van der Waals surface area (Å²) in [6.45, 7) is 5.34. The van der Waals surface area contributed by atoms with Crippen molar-refractivity contribution in [2.45, 2.75) is 58.1 Å². The van der Waals surface area contributed by atoms with Gasteiger partial charge in [-0.3, -0.25) is 4.79 Å². The zero-order chi connectivity index (χ0) is 13.1. The molecule has 1 fully saturated rings. The molecule has 1 amide bonds. The van der Waals surface area contributed by atoms with E-state index < -0.39 is 23.6 Å². The van der Waals surface area contributed by atoms with Crippen LogP contribution in [0.1, 0.15) is 46.5 Å². The molecule has 0 aromatic carbocycles. The van der Waals surface area contributed by atoms with Crippen LogP contribution in [0.2, 0.25) is 0 Å². The highest BCUT2D eigenvalue weighted by atomic mass is 16.6. The molecule has 0 saturated heterocycles. The van der Waals surface area contributed by atoms with Crippen molar-refractivity contribution < 1.29 is 19.4 Å². The van der Waals surface area contributed by atoms with Crippen LogP contribution in [0.15, 0.2) is 0 Å². The molecule has 1 saturated carbocycles. The lowest BCUT2D eigenvalue weighted by Crippen LogP contribution is -2.46. The topological polar surface area (TPSA) is 75.6 Å². The number of carbonyl (C=O) groups excluding carboxylic acids is 1. The molecule has 98 valence electrons. The van der Waals surface area contributed by atoms with Crippen LogP contribution in [0.5, 0.6) is 0 Å². The molecular weight excluding hydrogens is 222 g/mol. The van der Waals surface area contributed by atoms with E-state index >= 15 is 0 Å². The third-order valence-electron chi connectivity index (χ3n) is 2.79. The molecular formula is C12H21NO4. The molecule has 1 aliphatic carbocycles. The van der Waals surface area contributed by atoms with Crippen molar-refractivity contribution in [1.82, 2.24) is 5.32 Å². The molecule has 1 unspecified atom stereocenters. The van der Waals surface area contributed by atoms with E-state index in [9.17, 15) is 9.59 Å². The molecule has 2 N–H and O–H groups in total. The highest BCUT2D eigenvalue weighted by Crippen LogP contribution is 2.25. The van der Waals surface area contributed by atoms with Crippen molar-refractivity contribution in [3.8, 4) is 0 Å². The zero-order valence-corrected chi connectivity index (χ0v) is 10.7. The monoisotopic (exact) mass is 243 g/mol. The number of hydrogen-bond donors (Lipinski definition) is 2. The summed E-state index contributed by atoms with van der Waals surface area (Å²) in [5.74, 6) is -1.33. The van der Waals surface area contributed by atoms with Gasteiger partial charge in [0.25, 0.3) is 0 Å². The number of amides is 1. The van der Waals surface area contributed by atoms with Gasteiger partial charge in [0.2, 0.25) is 0 Å². The molecule has 2 atom stereocenters. The molecule has 0 radical (unpaired) electrons. The second-order valence-electron chi connectivity index (χ2n) is 5.48. The Kier molecular flexibility index (Phi) is 4.37. The van der Waals surface area contributed by atoms with E-state index in [-0.39, 0.29) is 6.04 Å². The van der Waals surface area contributed by atoms with Gasteiger partial charge in [0.1, 0.15) is 5.60 Å². The SMILES string of the molecule is CC(C)(C)OC(=O)NC1CCCC[C@H]1C(=O)O. The molecule has 5 nitrogen and oxygen atoms in total. The quantitative estimate of drug-likeness (QED) is 0.779. The first-order valence-electron chi connectivity index (χ1n) is 6.02. The van der Waals surface area contributed by atoms with Crippen LogP contribution >= 0.6 is 0 Å². The molecule has 0 aromatic rings. The molecule has 17 heavy (non-hydrogen) atoms. The lowest BCUT2D eigenvalue weighted by Gasteiger charge is -2.30. The van der Waals surface area contributed by atoms with Crippen molar-refractivity contribution in [3.63, 3.8) is 0 Å². The van der Waals surface area contributed by atoms with Crippen molar-refractivity contribution >= 4 is 12.1 Å². The van der Waals surface area contributed by atoms with E-state index in [0.29, 0.717) is 12.8 Å². The highest BCUT2D eigenvalue weighted by molar-refractivity contribution is 5.73. The number of nitrogens with one attached hydrogen (secondary N) is 1. The van der Waals surface area contributed by atoms with Crippen LogP contribution in [0, 0.1) is 5.92 Å². The van der Waals surface area contributed by atoms with E-state index in [2.05, 4.69) is 5.32 Å². The smallest absolute Gasteiger partial charge is 0.407 e. The Hall–Kier alpha value is -1.26. The summed E-state index contributed by atoms with van der Waals surface area (Å²) in [6.07, 6.45) is 2.65. The van der Waals surface area contributed by atoms with E-state index in [1.54, 1.807) is 20.8 Å². The Bertz CT molecular complexity index is 295. The average molecular weight is 243 g/mol. The Morgan fingerprint density at radius 1 is 1.24 bits per heavy atom. The predicted octanol–water partition coefficient (Wildman–Crippen LogP) is 2.15. The van der Waals surface area contributed by atoms with Gasteiger partial charge in [0.15, 0.2) is 0 Å². The molecule has 1 aliphatic rings. The molecule has 0 aliphatic heterocycles. The molecule has 0 spiro atoms. The maximum absolute atomic E-state index is 11.6. The minimum absolute atomic E-state index is 0.309. The van der Waals surface area contributed by atoms with Gasteiger partial charge in [-0.25, -0.2) is 4.79 Å². The van der Waals surface area contributed by atoms with Crippen LogP contribution in [-0.2, 0) is 9.53 Å². The van der Waals surface area contributed by atoms with Gasteiger partial charge in [0.05, 0.1) is 5.92 Å². The van der Waals surface area contributed by atoms with Crippen LogP contribution in [0.3, 0.4) is 0 Å². The number of carbonyl (C=O) groups is 2. The Balaban J connectivity index is 2.53. The first kappa shape index (κ1) is 13.8. The van der Waals surface area contributed by atoms with E-state index in [0.717, 1.165) is 12.8 Å². The van der Waals surface area contributed by atoms with Crippen molar-refractivity contribution in [1.29, 1.82) is 0 Å². The van der Waals surface area contributed by atoms with Crippen LogP contribution < -0.4 is 5.32 Å². The minimum Gasteiger partial charge on any atom is -0.481 e. The van der Waals surface area contributed by atoms with Crippen LogP contribution in [0.4, 0.5) is 4.79 Å². The van der Waals surface area contributed by atoms with Crippen molar-refractivity contribution in [2.24, 2.45) is 5.92 Å². The fourth-order valence-electron chi connectivity index (χ4n) is 2.06. The van der Waals surface area contributed by atoms with Gasteiger partial charge in [-0.1, -0.05) is 12.8 Å². The fraction of sp³-hybridized carbons (Fsp3) is 0.833. The Morgan fingerprint density at radius 3 is 2.35 bits per heavy atom. The summed E-state index contributed by atoms with van der Waals surface area (Å²) < 4.78 is 5.13. The van der Waals surface area contributed by atoms with Crippen LogP contribution in [0.25, 0.3) is 0 Å². The summed E-state index contributed by atoms with van der Waals surface area (Å²) in [5, 5.41) is 11.7. The maximum atomic E-state index is 11.6. The van der Waals surface area contributed by atoms with Crippen molar-refractivity contribution in [3.05, 3.63) is 0 Å². The van der Waals surface area contributed by atoms with Crippen molar-refractivity contribution in [2.75, 3.05) is 0 Å². The maximum Gasteiger partial charge on any atom is 0.407 e. The van der Waals surface area contributed by atoms with E-state index in [1.807, 2.05) is 0 Å². The predicted molar refractivity (Wildman–Crippen MR) is 62.8 cm³/mol. The molecule has 5 heteroatoms. The first-order valence-corrected chi connectivity index (χ1v) is 6.02. The summed E-state index contributed by atoms with van der Waals surface area (Å²) in [4.78, 5) is 22.6. The summed E-state index contributed by atoms with van der Waals surface area (Å²) in [5.41, 5.74) is -0.558. The highest BCUT2D eigenvalue weighted by Gasteiger charge is 2.32. The van der Waals surface area contributed by atoms with Gasteiger partial charge in [-0.15, -0.1) is 0 Å². The minimum atomic E-state index is -0.842. The standard InChI is InChI=1S/C12H21NO4/c1-12(2,3)17-11(16)13-9-7-5-4-6-8(9)10(14)15/h8-9H,4-7H2,1-3H3,(H,13,16)(H,14,15)/t8-,9?/m1/s1. The number of ether oxygens (including phenoxy) is 1. The Labute approximate surface area is 102 Å². The number of carboxylic acid groups (broad SMARTS) is 1. The molecule has 0 heterocycles. The third kappa shape index (κ3) is 4.63. The van der Waals surface area contributed by atoms with E-state index in [4.69, 9.17) is 9.84 Å². The summed E-state index contributed by atoms with van der Waals surface area (Å²) in [6, 6.07) is -0.309. The summed E-state index contributed by atoms with van der Waals surface area (Å²) >= 11 is 0. The first-order chi connectivity index (χ1) is 7.79. The summed E-state index contributed by atoms with van der Waals surface area (Å²) in [7, 11) is 0. The second-order valence-corrected chi connectivity index (χ2v) is 5.48. The average Bonchev–Trinajstić information content (AvgIpc) is 2.14. The van der Waals surface area contributed by atoms with Crippen LogP contribution in [-0.4, -0.2) is 28.8 Å². The molecule has 1 rings (SSSR count). The van der Waals surface area contributed by atoms with Gasteiger partial charge in [-0.05, 0) is 33.6 Å². The third-order valence-corrected chi connectivity index (χ3v) is 2.79. The number of aliphatic carboxylic acids is 1. The lowest BCUT2D eigenvalue weighted by atomic mass is 9.84. The number of carboxylic acids is 1. The van der Waals surface area contributed by atoms with Gasteiger partial charge >= 0.3 is 12.1 Å². The number of rotatable bonds is 2. The second kappa shape index (κ2) is 5.38. The van der Waals surface area contributed by atoms with Gasteiger partial charge < -0.3 is 15.2 Å². The zero-order valence-electron chi connectivity index (χ0n) is 10.7. The lowest BCUT2D eigenvalue weighted by molar-refractivity contribution is -0.143. The normalized spacial score (nSPS) is 25.1. The largest absolute Gasteiger partial charge is 0.481 e. The van der Waals surface area contributed by atoms with E-state index in [1.165, 1.54) is 0 Å². The van der Waals surface area contributed by atoms with Gasteiger partial charge in [0, 0.05) is 6.04 Å². The van der Waals surface area contributed by atoms with Gasteiger partial charge in [-0.2, -0.15) is 0 Å². The Morgan fingerprint density at radius 2 is 1.82 bits per heavy atom. The molecule has 0 aromatic heterocycles. The number of alkyl carbamates (subject to hydrolysis) is 1. The number of hydrogen-bond acceptors (Lipinski definition) is 3. The molecule has 0 bridgehead atoms. The fourth-order valence-corrected chi connectivity index (χ4v) is 2.06.